The highest BCUT2D eigenvalue weighted by Crippen LogP contribution is 2.41. The van der Waals surface area contributed by atoms with Crippen molar-refractivity contribution in [2.45, 2.75) is 63.9 Å². The molecule has 3 nitrogen and oxygen atoms in total. The van der Waals surface area contributed by atoms with Crippen LogP contribution in [0.2, 0.25) is 0 Å². The van der Waals surface area contributed by atoms with Gasteiger partial charge in [-0.1, -0.05) is 12.2 Å². The summed E-state index contributed by atoms with van der Waals surface area (Å²) >= 11 is 5.51. The molecule has 0 aliphatic heterocycles. The molecule has 104 valence electrons. The van der Waals surface area contributed by atoms with Crippen molar-refractivity contribution in [3.63, 3.8) is 0 Å². The minimum atomic E-state index is -0.200. The highest BCUT2D eigenvalue weighted by atomic mass is 32.1. The minimum Gasteiger partial charge on any atom is -0.367 e. The van der Waals surface area contributed by atoms with Gasteiger partial charge in [0.25, 0.3) is 0 Å². The molecule has 0 spiro atoms. The van der Waals surface area contributed by atoms with Gasteiger partial charge >= 0.3 is 0 Å². The standard InChI is InChI=1S/C15H22N2OS/c1-2-18-15(9-5-6-10-15)14-16-12-8-4-3-7-11(12)13(19)17-14/h2-10H2,1H3,(H,16,17,19). The third-order valence-corrected chi connectivity index (χ3v) is 4.81. The molecule has 0 atom stereocenters. The Morgan fingerprint density at radius 1 is 1.21 bits per heavy atom. The van der Waals surface area contributed by atoms with Gasteiger partial charge in [0.15, 0.2) is 0 Å². The molecule has 2 aliphatic rings. The van der Waals surface area contributed by atoms with E-state index in [0.717, 1.165) is 42.8 Å². The lowest BCUT2D eigenvalue weighted by Gasteiger charge is -2.29. The highest BCUT2D eigenvalue weighted by molar-refractivity contribution is 7.71. The first kappa shape index (κ1) is 13.3. The zero-order valence-corrected chi connectivity index (χ0v) is 12.4. The maximum absolute atomic E-state index is 6.08. The number of H-pyrrole nitrogens is 1. The van der Waals surface area contributed by atoms with E-state index in [4.69, 9.17) is 21.9 Å². The van der Waals surface area contributed by atoms with Crippen LogP contribution in [0.4, 0.5) is 0 Å². The van der Waals surface area contributed by atoms with Gasteiger partial charge in [-0.25, -0.2) is 4.98 Å². The molecular formula is C15H22N2OS. The van der Waals surface area contributed by atoms with Gasteiger partial charge in [-0.2, -0.15) is 0 Å². The Balaban J connectivity index is 2.04. The summed E-state index contributed by atoms with van der Waals surface area (Å²) < 4.78 is 6.88. The predicted molar refractivity (Wildman–Crippen MR) is 77.8 cm³/mol. The number of aryl methyl sites for hydroxylation is 1. The quantitative estimate of drug-likeness (QED) is 0.854. The van der Waals surface area contributed by atoms with E-state index < -0.39 is 0 Å². The van der Waals surface area contributed by atoms with Crippen molar-refractivity contribution in [3.8, 4) is 0 Å². The van der Waals surface area contributed by atoms with Gasteiger partial charge in [-0.3, -0.25) is 0 Å². The van der Waals surface area contributed by atoms with E-state index in [1.165, 1.54) is 36.9 Å². The largest absolute Gasteiger partial charge is 0.367 e. The number of rotatable bonds is 3. The van der Waals surface area contributed by atoms with Crippen molar-refractivity contribution in [3.05, 3.63) is 21.7 Å². The van der Waals surface area contributed by atoms with Crippen molar-refractivity contribution in [2.75, 3.05) is 6.61 Å². The van der Waals surface area contributed by atoms with Gasteiger partial charge in [0.05, 0.1) is 0 Å². The van der Waals surface area contributed by atoms with E-state index in [9.17, 15) is 0 Å². The van der Waals surface area contributed by atoms with Crippen molar-refractivity contribution in [1.29, 1.82) is 0 Å². The van der Waals surface area contributed by atoms with Crippen molar-refractivity contribution in [1.82, 2.24) is 9.97 Å². The molecule has 1 saturated carbocycles. The summed E-state index contributed by atoms with van der Waals surface area (Å²) in [6.07, 6.45) is 9.26. The number of nitrogens with zero attached hydrogens (tertiary/aromatic N) is 1. The number of hydrogen-bond acceptors (Lipinski definition) is 3. The predicted octanol–water partition coefficient (Wildman–Crippen LogP) is 3.82. The van der Waals surface area contributed by atoms with Crippen LogP contribution in [0, 0.1) is 4.64 Å². The van der Waals surface area contributed by atoms with Gasteiger partial charge in [-0.15, -0.1) is 0 Å². The zero-order chi connectivity index (χ0) is 13.3. The van der Waals surface area contributed by atoms with E-state index in [2.05, 4.69) is 11.9 Å². The van der Waals surface area contributed by atoms with E-state index in [1.807, 2.05) is 0 Å². The summed E-state index contributed by atoms with van der Waals surface area (Å²) in [5.74, 6) is 0.984. The van der Waals surface area contributed by atoms with Gasteiger partial charge in [0.1, 0.15) is 16.1 Å². The lowest BCUT2D eigenvalue weighted by Crippen LogP contribution is -2.30. The number of aromatic amines is 1. The van der Waals surface area contributed by atoms with Gasteiger partial charge in [0.2, 0.25) is 0 Å². The summed E-state index contributed by atoms with van der Waals surface area (Å²) in [5, 5.41) is 0. The number of ether oxygens (including phenoxy) is 1. The number of nitrogens with one attached hydrogen (secondary N) is 1. The monoisotopic (exact) mass is 278 g/mol. The van der Waals surface area contributed by atoms with Crippen molar-refractivity contribution >= 4 is 12.2 Å². The van der Waals surface area contributed by atoms with E-state index >= 15 is 0 Å². The fourth-order valence-corrected chi connectivity index (χ4v) is 3.82. The second kappa shape index (κ2) is 5.33. The minimum absolute atomic E-state index is 0.200. The third-order valence-electron chi connectivity index (χ3n) is 4.47. The molecule has 0 radical (unpaired) electrons. The Kier molecular flexibility index (Phi) is 3.72. The maximum Gasteiger partial charge on any atom is 0.140 e. The van der Waals surface area contributed by atoms with Gasteiger partial charge in [0, 0.05) is 17.9 Å². The number of aromatic nitrogens is 2. The van der Waals surface area contributed by atoms with Crippen LogP contribution >= 0.6 is 12.2 Å². The SMILES string of the molecule is CCOC1(c2nc(=S)c3c([nH]2)CCCC3)CCCC1. The fraction of sp³-hybridized carbons (Fsp3) is 0.733. The Morgan fingerprint density at radius 3 is 2.68 bits per heavy atom. The van der Waals surface area contributed by atoms with E-state index in [0.29, 0.717) is 0 Å². The van der Waals surface area contributed by atoms with Crippen LogP contribution in [-0.4, -0.2) is 16.6 Å². The summed E-state index contributed by atoms with van der Waals surface area (Å²) in [5.41, 5.74) is 2.39. The normalized spacial score (nSPS) is 21.3. The van der Waals surface area contributed by atoms with Crippen LogP contribution in [-0.2, 0) is 23.2 Å². The highest BCUT2D eigenvalue weighted by Gasteiger charge is 2.39. The van der Waals surface area contributed by atoms with Crippen LogP contribution in [0.1, 0.15) is 62.5 Å². The Morgan fingerprint density at radius 2 is 1.95 bits per heavy atom. The summed E-state index contributed by atoms with van der Waals surface area (Å²) in [7, 11) is 0. The molecule has 2 aliphatic carbocycles. The molecule has 0 aromatic carbocycles. The van der Waals surface area contributed by atoms with Crippen molar-refractivity contribution < 1.29 is 4.74 Å². The molecule has 1 fully saturated rings. The molecule has 19 heavy (non-hydrogen) atoms. The van der Waals surface area contributed by atoms with Crippen LogP contribution in [0.15, 0.2) is 0 Å². The second-order valence-electron chi connectivity index (χ2n) is 5.69. The molecule has 3 rings (SSSR count). The van der Waals surface area contributed by atoms with Gasteiger partial charge < -0.3 is 9.72 Å². The molecule has 1 aromatic rings. The fourth-order valence-electron chi connectivity index (χ4n) is 3.51. The first-order chi connectivity index (χ1) is 9.25. The molecule has 0 amide bonds. The van der Waals surface area contributed by atoms with Crippen LogP contribution in [0.25, 0.3) is 0 Å². The summed E-state index contributed by atoms with van der Waals surface area (Å²) in [4.78, 5) is 8.26. The maximum atomic E-state index is 6.08. The molecule has 0 saturated heterocycles. The first-order valence-electron chi connectivity index (χ1n) is 7.52. The lowest BCUT2D eigenvalue weighted by molar-refractivity contribution is -0.0459. The zero-order valence-electron chi connectivity index (χ0n) is 11.6. The van der Waals surface area contributed by atoms with Crippen LogP contribution in [0.5, 0.6) is 0 Å². The van der Waals surface area contributed by atoms with E-state index in [1.54, 1.807) is 0 Å². The average molecular weight is 278 g/mol. The molecule has 1 aromatic heterocycles. The average Bonchev–Trinajstić information content (AvgIpc) is 2.89. The lowest BCUT2D eigenvalue weighted by atomic mass is 9.95. The van der Waals surface area contributed by atoms with Crippen LogP contribution in [0.3, 0.4) is 0 Å². The summed E-state index contributed by atoms with van der Waals surface area (Å²) in [6, 6.07) is 0. The molecular weight excluding hydrogens is 256 g/mol. The third kappa shape index (κ3) is 2.36. The molecule has 1 heterocycles. The Labute approximate surface area is 119 Å². The summed E-state index contributed by atoms with van der Waals surface area (Å²) in [6.45, 7) is 2.80. The molecule has 0 bridgehead atoms. The van der Waals surface area contributed by atoms with Gasteiger partial charge in [-0.05, 0) is 58.3 Å². The smallest absolute Gasteiger partial charge is 0.140 e. The van der Waals surface area contributed by atoms with Crippen LogP contribution < -0.4 is 0 Å². The number of hydrogen-bond donors (Lipinski definition) is 1. The number of fused-ring (bicyclic) bond motifs is 1. The van der Waals surface area contributed by atoms with Crippen molar-refractivity contribution in [2.24, 2.45) is 0 Å². The Hall–Kier alpha value is -0.740. The Bertz CT molecular complexity index is 517. The first-order valence-corrected chi connectivity index (χ1v) is 7.92. The molecule has 0 unspecified atom stereocenters. The topological polar surface area (TPSA) is 37.9 Å². The second-order valence-corrected chi connectivity index (χ2v) is 6.08. The molecule has 4 heteroatoms. The van der Waals surface area contributed by atoms with E-state index in [-0.39, 0.29) is 5.60 Å². The molecule has 1 N–H and O–H groups in total.